The lowest BCUT2D eigenvalue weighted by atomic mass is 10.0. The standard InChI is InChI=1S/C21H20N2O6/c24-19(22-11-13-1-3-16-17(9-13)29-12-28-16)21(5-6-21)20(25)23-14-2-4-15-18(10-14)27-8-7-26-15/h1-4,9-10H,5-8,11-12H2,(H,22,24)(H,23,25). The summed E-state index contributed by atoms with van der Waals surface area (Å²) in [6, 6.07) is 10.7. The largest absolute Gasteiger partial charge is 0.486 e. The molecule has 1 fully saturated rings. The van der Waals surface area contributed by atoms with Gasteiger partial charge in [-0.2, -0.15) is 0 Å². The number of carbonyl (C=O) groups excluding carboxylic acids is 2. The summed E-state index contributed by atoms with van der Waals surface area (Å²) in [4.78, 5) is 25.5. The number of anilines is 1. The Balaban J connectivity index is 1.22. The van der Waals surface area contributed by atoms with Gasteiger partial charge in [0.1, 0.15) is 18.6 Å². The maximum Gasteiger partial charge on any atom is 0.240 e. The number of fused-ring (bicyclic) bond motifs is 2. The van der Waals surface area contributed by atoms with Crippen LogP contribution >= 0.6 is 0 Å². The van der Waals surface area contributed by atoms with Crippen LogP contribution in [0.4, 0.5) is 5.69 Å². The van der Waals surface area contributed by atoms with Gasteiger partial charge in [-0.25, -0.2) is 0 Å². The number of benzene rings is 2. The summed E-state index contributed by atoms with van der Waals surface area (Å²) in [6.45, 7) is 1.49. The van der Waals surface area contributed by atoms with Crippen LogP contribution in [0.1, 0.15) is 18.4 Å². The number of carbonyl (C=O) groups is 2. The van der Waals surface area contributed by atoms with Gasteiger partial charge in [0.05, 0.1) is 0 Å². The fourth-order valence-corrected chi connectivity index (χ4v) is 3.46. The predicted molar refractivity (Wildman–Crippen MR) is 102 cm³/mol. The Labute approximate surface area is 167 Å². The second kappa shape index (κ2) is 6.88. The zero-order valence-electron chi connectivity index (χ0n) is 15.7. The van der Waals surface area contributed by atoms with Crippen molar-refractivity contribution in [1.82, 2.24) is 5.32 Å². The highest BCUT2D eigenvalue weighted by Crippen LogP contribution is 2.47. The maximum absolute atomic E-state index is 12.8. The van der Waals surface area contributed by atoms with Crippen molar-refractivity contribution in [2.24, 2.45) is 5.41 Å². The molecule has 0 radical (unpaired) electrons. The third-order valence-electron chi connectivity index (χ3n) is 5.31. The Morgan fingerprint density at radius 1 is 0.828 bits per heavy atom. The smallest absolute Gasteiger partial charge is 0.240 e. The molecule has 0 bridgehead atoms. The Hall–Kier alpha value is -3.42. The fraction of sp³-hybridized carbons (Fsp3) is 0.333. The molecule has 0 spiro atoms. The molecule has 0 unspecified atom stereocenters. The zero-order chi connectivity index (χ0) is 19.8. The van der Waals surface area contributed by atoms with Crippen LogP contribution in [0.2, 0.25) is 0 Å². The van der Waals surface area contributed by atoms with E-state index in [1.54, 1.807) is 18.2 Å². The molecule has 8 nitrogen and oxygen atoms in total. The molecular weight excluding hydrogens is 376 g/mol. The monoisotopic (exact) mass is 396 g/mol. The number of nitrogens with one attached hydrogen (secondary N) is 2. The third-order valence-corrected chi connectivity index (χ3v) is 5.31. The van der Waals surface area contributed by atoms with Crippen molar-refractivity contribution in [3.8, 4) is 23.0 Å². The Morgan fingerprint density at radius 2 is 1.52 bits per heavy atom. The molecule has 2 aromatic carbocycles. The second-order valence-electron chi connectivity index (χ2n) is 7.26. The molecule has 2 N–H and O–H groups in total. The van der Waals surface area contributed by atoms with Crippen molar-refractivity contribution in [2.75, 3.05) is 25.3 Å². The Kier molecular flexibility index (Phi) is 4.19. The molecule has 0 atom stereocenters. The highest BCUT2D eigenvalue weighted by molar-refractivity contribution is 6.13. The molecule has 2 aliphatic heterocycles. The van der Waals surface area contributed by atoms with Crippen molar-refractivity contribution in [2.45, 2.75) is 19.4 Å². The molecule has 150 valence electrons. The first-order chi connectivity index (χ1) is 14.1. The van der Waals surface area contributed by atoms with E-state index in [0.717, 1.165) is 5.56 Å². The molecule has 2 heterocycles. The summed E-state index contributed by atoms with van der Waals surface area (Å²) >= 11 is 0. The van der Waals surface area contributed by atoms with Gasteiger partial charge in [0, 0.05) is 18.3 Å². The van der Waals surface area contributed by atoms with Crippen LogP contribution < -0.4 is 29.6 Å². The number of hydrogen-bond donors (Lipinski definition) is 2. The van der Waals surface area contributed by atoms with Gasteiger partial charge in [-0.3, -0.25) is 9.59 Å². The van der Waals surface area contributed by atoms with Gasteiger partial charge < -0.3 is 29.6 Å². The van der Waals surface area contributed by atoms with Gasteiger partial charge in [0.2, 0.25) is 18.6 Å². The quantitative estimate of drug-likeness (QED) is 0.753. The number of ether oxygens (including phenoxy) is 4. The lowest BCUT2D eigenvalue weighted by molar-refractivity contribution is -0.134. The average Bonchev–Trinajstić information content (AvgIpc) is 3.43. The van der Waals surface area contributed by atoms with E-state index < -0.39 is 5.41 Å². The van der Waals surface area contributed by atoms with Crippen molar-refractivity contribution in [3.05, 3.63) is 42.0 Å². The first kappa shape index (κ1) is 17.7. The van der Waals surface area contributed by atoms with E-state index in [0.29, 0.717) is 61.3 Å². The highest BCUT2D eigenvalue weighted by Gasteiger charge is 2.56. The van der Waals surface area contributed by atoms with Crippen LogP contribution in [0.25, 0.3) is 0 Å². The summed E-state index contributed by atoms with van der Waals surface area (Å²) in [5.74, 6) is 2.01. The van der Waals surface area contributed by atoms with E-state index in [-0.39, 0.29) is 18.6 Å². The van der Waals surface area contributed by atoms with Crippen LogP contribution in [0.5, 0.6) is 23.0 Å². The molecule has 2 amide bonds. The van der Waals surface area contributed by atoms with Crippen LogP contribution in [0.15, 0.2) is 36.4 Å². The normalized spacial score (nSPS) is 17.4. The van der Waals surface area contributed by atoms with Crippen LogP contribution in [-0.2, 0) is 16.1 Å². The summed E-state index contributed by atoms with van der Waals surface area (Å²) in [5, 5.41) is 5.70. The lowest BCUT2D eigenvalue weighted by Gasteiger charge is -2.20. The van der Waals surface area contributed by atoms with E-state index in [2.05, 4.69) is 10.6 Å². The van der Waals surface area contributed by atoms with Crippen LogP contribution in [-0.4, -0.2) is 31.8 Å². The topological polar surface area (TPSA) is 95.1 Å². The minimum atomic E-state index is -1.02. The summed E-state index contributed by atoms with van der Waals surface area (Å²) in [7, 11) is 0. The van der Waals surface area contributed by atoms with E-state index in [4.69, 9.17) is 18.9 Å². The van der Waals surface area contributed by atoms with Crippen molar-refractivity contribution in [3.63, 3.8) is 0 Å². The number of amides is 2. The molecule has 5 rings (SSSR count). The van der Waals surface area contributed by atoms with Crippen molar-refractivity contribution in [1.29, 1.82) is 0 Å². The van der Waals surface area contributed by atoms with E-state index in [9.17, 15) is 9.59 Å². The van der Waals surface area contributed by atoms with Crippen molar-refractivity contribution >= 4 is 17.5 Å². The maximum atomic E-state index is 12.8. The minimum Gasteiger partial charge on any atom is -0.486 e. The molecule has 2 aromatic rings. The first-order valence-electron chi connectivity index (χ1n) is 9.52. The van der Waals surface area contributed by atoms with Gasteiger partial charge in [-0.05, 0) is 42.7 Å². The van der Waals surface area contributed by atoms with Gasteiger partial charge in [-0.15, -0.1) is 0 Å². The molecule has 29 heavy (non-hydrogen) atoms. The lowest BCUT2D eigenvalue weighted by Crippen LogP contribution is -2.39. The minimum absolute atomic E-state index is 0.203. The van der Waals surface area contributed by atoms with Crippen molar-refractivity contribution < 1.29 is 28.5 Å². The molecule has 8 heteroatoms. The molecule has 1 saturated carbocycles. The summed E-state index contributed by atoms with van der Waals surface area (Å²) in [6.07, 6.45) is 1.05. The Bertz CT molecular complexity index is 985. The number of hydrogen-bond acceptors (Lipinski definition) is 6. The van der Waals surface area contributed by atoms with E-state index in [1.165, 1.54) is 0 Å². The van der Waals surface area contributed by atoms with Gasteiger partial charge in [0.15, 0.2) is 23.0 Å². The van der Waals surface area contributed by atoms with Gasteiger partial charge in [0.25, 0.3) is 0 Å². The van der Waals surface area contributed by atoms with Crippen LogP contribution in [0.3, 0.4) is 0 Å². The molecule has 1 aliphatic carbocycles. The van der Waals surface area contributed by atoms with E-state index in [1.807, 2.05) is 18.2 Å². The molecule has 0 saturated heterocycles. The average molecular weight is 396 g/mol. The highest BCUT2D eigenvalue weighted by atomic mass is 16.7. The van der Waals surface area contributed by atoms with E-state index >= 15 is 0 Å². The summed E-state index contributed by atoms with van der Waals surface area (Å²) in [5.41, 5.74) is 0.434. The molecule has 3 aliphatic rings. The first-order valence-corrected chi connectivity index (χ1v) is 9.52. The molecule has 0 aromatic heterocycles. The fourth-order valence-electron chi connectivity index (χ4n) is 3.46. The SMILES string of the molecule is O=C(NCc1ccc2c(c1)OCO2)C1(C(=O)Nc2ccc3c(c2)OCCO3)CC1. The third kappa shape index (κ3) is 3.30. The summed E-state index contributed by atoms with van der Waals surface area (Å²) < 4.78 is 21.7. The number of rotatable bonds is 5. The predicted octanol–water partition coefficient (Wildman–Crippen LogP) is 2.22. The van der Waals surface area contributed by atoms with Crippen LogP contribution in [0, 0.1) is 5.41 Å². The Morgan fingerprint density at radius 3 is 2.34 bits per heavy atom. The van der Waals surface area contributed by atoms with Gasteiger partial charge in [-0.1, -0.05) is 6.07 Å². The second-order valence-corrected chi connectivity index (χ2v) is 7.26. The molecular formula is C21H20N2O6. The zero-order valence-corrected chi connectivity index (χ0v) is 15.7. The van der Waals surface area contributed by atoms with Gasteiger partial charge >= 0.3 is 0 Å².